The number of hydrogen-bond donors (Lipinski definition) is 7. The van der Waals surface area contributed by atoms with Gasteiger partial charge in [0.15, 0.2) is 0 Å². The molecule has 12 nitrogen and oxygen atoms in total. The van der Waals surface area contributed by atoms with Crippen molar-refractivity contribution in [2.24, 2.45) is 11.6 Å². The molecule has 0 radical (unpaired) electrons. The summed E-state index contributed by atoms with van der Waals surface area (Å²) in [6.07, 6.45) is 0.368. The van der Waals surface area contributed by atoms with E-state index in [9.17, 15) is 28.2 Å². The topological polar surface area (TPSA) is 208 Å². The molecule has 0 aliphatic heterocycles. The number of nitrogens with zero attached hydrogens (tertiary/aromatic N) is 1. The standard InChI is InChI=1S/C14H24FN5O7S/c15-28-6-5-20(17)7-8(16)1-2-9(12(23)24)18-14(27)19-10(13(25)26)3-4-11(21)22/h7,9-10H,1-6,16-17H2,(H,21,22)(H,23,24)(H,25,26)(H2,18,19,27)/b8-7-. The van der Waals surface area contributed by atoms with E-state index in [1.807, 2.05) is 5.32 Å². The van der Waals surface area contributed by atoms with Gasteiger partial charge in [0.25, 0.3) is 0 Å². The molecule has 14 heteroatoms. The predicted molar refractivity (Wildman–Crippen MR) is 97.3 cm³/mol. The number of aliphatic carboxylic acids is 3. The highest BCUT2D eigenvalue weighted by atomic mass is 32.2. The second-order valence-electron chi connectivity index (χ2n) is 5.63. The fraction of sp³-hybridized carbons (Fsp3) is 0.571. The fourth-order valence-corrected chi connectivity index (χ4v) is 2.21. The van der Waals surface area contributed by atoms with Crippen LogP contribution in [0.1, 0.15) is 25.7 Å². The number of allylic oxidation sites excluding steroid dienone is 1. The number of nitrogens with one attached hydrogen (secondary N) is 2. The van der Waals surface area contributed by atoms with Crippen molar-refractivity contribution in [3.8, 4) is 0 Å². The van der Waals surface area contributed by atoms with Crippen molar-refractivity contribution in [3.63, 3.8) is 0 Å². The number of carboxylic acid groups (broad SMARTS) is 3. The van der Waals surface area contributed by atoms with E-state index in [4.69, 9.17) is 21.8 Å². The van der Waals surface area contributed by atoms with Gasteiger partial charge in [0.1, 0.15) is 12.1 Å². The smallest absolute Gasteiger partial charge is 0.326 e. The van der Waals surface area contributed by atoms with Crippen LogP contribution in [0.25, 0.3) is 0 Å². The molecule has 2 amide bonds. The zero-order valence-electron chi connectivity index (χ0n) is 14.8. The first kappa shape index (κ1) is 25.3. The Bertz CT molecular complexity index is 592. The third-order valence-corrected chi connectivity index (χ3v) is 3.67. The van der Waals surface area contributed by atoms with Gasteiger partial charge in [-0.2, -0.15) is 3.89 Å². The fourth-order valence-electron chi connectivity index (χ4n) is 1.93. The van der Waals surface area contributed by atoms with E-state index >= 15 is 0 Å². The number of halogens is 1. The van der Waals surface area contributed by atoms with Crippen LogP contribution in [0.5, 0.6) is 0 Å². The van der Waals surface area contributed by atoms with E-state index in [0.29, 0.717) is 0 Å². The van der Waals surface area contributed by atoms with Crippen LogP contribution >= 0.6 is 12.1 Å². The molecule has 0 aromatic carbocycles. The predicted octanol–water partition coefficient (Wildman–Crippen LogP) is -0.569. The Labute approximate surface area is 164 Å². The Balaban J connectivity index is 4.69. The third-order valence-electron chi connectivity index (χ3n) is 3.33. The van der Waals surface area contributed by atoms with Gasteiger partial charge in [-0.15, -0.1) is 0 Å². The average molecular weight is 425 g/mol. The molecule has 2 unspecified atom stereocenters. The Kier molecular flexibility index (Phi) is 12.1. The molecular weight excluding hydrogens is 401 g/mol. The Morgan fingerprint density at radius 2 is 1.54 bits per heavy atom. The Morgan fingerprint density at radius 3 is 1.96 bits per heavy atom. The molecule has 0 aromatic heterocycles. The molecule has 0 aromatic rings. The lowest BCUT2D eigenvalue weighted by Crippen LogP contribution is -2.51. The minimum absolute atomic E-state index is 0.0368. The first-order valence-corrected chi connectivity index (χ1v) is 8.90. The lowest BCUT2D eigenvalue weighted by Gasteiger charge is -2.19. The second kappa shape index (κ2) is 13.4. The number of hydrogen-bond acceptors (Lipinski definition) is 8. The summed E-state index contributed by atoms with van der Waals surface area (Å²) in [5.41, 5.74) is 5.90. The average Bonchev–Trinajstić information content (AvgIpc) is 2.59. The molecule has 0 rings (SSSR count). The monoisotopic (exact) mass is 425 g/mol. The zero-order valence-corrected chi connectivity index (χ0v) is 15.7. The van der Waals surface area contributed by atoms with Gasteiger partial charge in [0, 0.05) is 42.8 Å². The summed E-state index contributed by atoms with van der Waals surface area (Å²) in [6.45, 7) is 0.178. The molecular formula is C14H24FN5O7S. The maximum atomic E-state index is 12.0. The van der Waals surface area contributed by atoms with Crippen LogP contribution in [0.2, 0.25) is 0 Å². The second-order valence-corrected chi connectivity index (χ2v) is 6.25. The number of carbonyl (C=O) groups excluding carboxylic acids is 1. The van der Waals surface area contributed by atoms with E-state index in [-0.39, 0.29) is 49.4 Å². The summed E-state index contributed by atoms with van der Waals surface area (Å²) in [6, 6.07) is -3.95. The van der Waals surface area contributed by atoms with E-state index < -0.39 is 42.4 Å². The SMILES string of the molecule is N/C(=C\N(N)CCSF)CCC(NC(=O)NC(CCC(=O)O)C(=O)O)C(=O)O. The summed E-state index contributed by atoms with van der Waals surface area (Å²) in [7, 11) is 0. The van der Waals surface area contributed by atoms with Gasteiger partial charge in [0.2, 0.25) is 0 Å². The Hall–Kier alpha value is -2.74. The van der Waals surface area contributed by atoms with Crippen LogP contribution in [0.15, 0.2) is 11.9 Å². The van der Waals surface area contributed by atoms with Crippen LogP contribution in [0.3, 0.4) is 0 Å². The summed E-state index contributed by atoms with van der Waals surface area (Å²) >= 11 is 0.0995. The van der Waals surface area contributed by atoms with Gasteiger partial charge in [-0.05, 0) is 19.3 Å². The van der Waals surface area contributed by atoms with Gasteiger partial charge in [-0.3, -0.25) is 4.79 Å². The van der Waals surface area contributed by atoms with E-state index in [2.05, 4.69) is 5.32 Å². The maximum Gasteiger partial charge on any atom is 0.326 e. The van der Waals surface area contributed by atoms with Gasteiger partial charge in [-0.1, -0.05) is 0 Å². The van der Waals surface area contributed by atoms with Gasteiger partial charge in [0.05, 0.1) is 0 Å². The van der Waals surface area contributed by atoms with Crippen molar-refractivity contribution in [2.75, 3.05) is 12.3 Å². The lowest BCUT2D eigenvalue weighted by atomic mass is 10.1. The highest BCUT2D eigenvalue weighted by Crippen LogP contribution is 2.06. The Morgan fingerprint density at radius 1 is 1.04 bits per heavy atom. The maximum absolute atomic E-state index is 12.0. The molecule has 0 saturated heterocycles. The molecule has 0 saturated carbocycles. The van der Waals surface area contributed by atoms with E-state index in [1.165, 1.54) is 6.20 Å². The van der Waals surface area contributed by atoms with Gasteiger partial charge < -0.3 is 36.7 Å². The van der Waals surface area contributed by atoms with Gasteiger partial charge >= 0.3 is 23.9 Å². The molecule has 28 heavy (non-hydrogen) atoms. The molecule has 0 bridgehead atoms. The van der Waals surface area contributed by atoms with E-state index in [1.54, 1.807) is 0 Å². The number of hydrazine groups is 1. The molecule has 0 aliphatic carbocycles. The van der Waals surface area contributed by atoms with Crippen LogP contribution < -0.4 is 22.2 Å². The molecule has 0 spiro atoms. The largest absolute Gasteiger partial charge is 0.481 e. The highest BCUT2D eigenvalue weighted by molar-refractivity contribution is 7.94. The number of carboxylic acids is 3. The minimum Gasteiger partial charge on any atom is -0.481 e. The lowest BCUT2D eigenvalue weighted by molar-refractivity contribution is -0.140. The molecule has 0 heterocycles. The summed E-state index contributed by atoms with van der Waals surface area (Å²) in [4.78, 5) is 44.7. The first-order chi connectivity index (χ1) is 13.1. The first-order valence-electron chi connectivity index (χ1n) is 8.02. The molecule has 160 valence electrons. The number of amides is 2. The van der Waals surface area contributed by atoms with Crippen molar-refractivity contribution in [2.45, 2.75) is 37.8 Å². The van der Waals surface area contributed by atoms with Gasteiger partial charge in [-0.25, -0.2) is 20.2 Å². The molecule has 0 aliphatic rings. The number of urea groups is 1. The quantitative estimate of drug-likeness (QED) is 0.138. The summed E-state index contributed by atoms with van der Waals surface area (Å²) < 4.78 is 12.0. The van der Waals surface area contributed by atoms with Crippen LogP contribution in [-0.4, -0.2) is 68.6 Å². The third kappa shape index (κ3) is 11.8. The summed E-state index contributed by atoms with van der Waals surface area (Å²) in [5, 5.41) is 32.0. The number of carbonyl (C=O) groups is 4. The van der Waals surface area contributed by atoms with Crippen LogP contribution in [0.4, 0.5) is 8.68 Å². The van der Waals surface area contributed by atoms with Crippen molar-refractivity contribution in [1.29, 1.82) is 0 Å². The molecule has 0 fully saturated rings. The minimum atomic E-state index is -1.49. The van der Waals surface area contributed by atoms with Crippen LogP contribution in [-0.2, 0) is 14.4 Å². The van der Waals surface area contributed by atoms with Crippen LogP contribution in [0, 0.1) is 0 Å². The normalized spacial score (nSPS) is 13.3. The van der Waals surface area contributed by atoms with E-state index in [0.717, 1.165) is 5.01 Å². The molecule has 9 N–H and O–H groups in total. The number of nitrogens with two attached hydrogens (primary N) is 2. The van der Waals surface area contributed by atoms with Crippen molar-refractivity contribution >= 4 is 36.1 Å². The van der Waals surface area contributed by atoms with Crippen molar-refractivity contribution in [1.82, 2.24) is 15.6 Å². The van der Waals surface area contributed by atoms with Crippen molar-refractivity contribution in [3.05, 3.63) is 11.9 Å². The summed E-state index contributed by atoms with van der Waals surface area (Å²) in [5.74, 6) is 1.59. The van der Waals surface area contributed by atoms with Crippen molar-refractivity contribution < 1.29 is 38.4 Å². The zero-order chi connectivity index (χ0) is 21.7. The highest BCUT2D eigenvalue weighted by Gasteiger charge is 2.24. The molecule has 2 atom stereocenters. The number of rotatable bonds is 14.